The lowest BCUT2D eigenvalue weighted by atomic mass is 10.1. The zero-order chi connectivity index (χ0) is 20.7. The Morgan fingerprint density at radius 3 is 2.54 bits per heavy atom. The van der Waals surface area contributed by atoms with Gasteiger partial charge in [0.2, 0.25) is 5.91 Å². The number of ether oxygens (including phenoxy) is 2. The van der Waals surface area contributed by atoms with Crippen molar-refractivity contribution in [3.63, 3.8) is 0 Å². The van der Waals surface area contributed by atoms with Gasteiger partial charge in [0.1, 0.15) is 6.29 Å². The van der Waals surface area contributed by atoms with Gasteiger partial charge in [0.05, 0.1) is 13.7 Å². The van der Waals surface area contributed by atoms with E-state index < -0.39 is 0 Å². The largest absolute Gasteiger partial charge is 0.493 e. The molecule has 0 heterocycles. The molecule has 0 saturated carbocycles. The van der Waals surface area contributed by atoms with E-state index in [1.165, 1.54) is 25.1 Å². The number of methoxy groups -OCH3 is 1. The molecule has 0 aromatic heterocycles. The summed E-state index contributed by atoms with van der Waals surface area (Å²) in [4.78, 5) is 36.6. The molecule has 0 radical (unpaired) electrons. The summed E-state index contributed by atoms with van der Waals surface area (Å²) in [5.74, 6) is 0.0394. The molecular formula is C21H24N2O5. The lowest BCUT2D eigenvalue weighted by molar-refractivity contribution is -0.135. The van der Waals surface area contributed by atoms with Gasteiger partial charge in [0.15, 0.2) is 18.1 Å². The Bertz CT molecular complexity index is 879. The van der Waals surface area contributed by atoms with E-state index in [-0.39, 0.29) is 25.0 Å². The fraction of sp³-hybridized carbons (Fsp3) is 0.286. The molecule has 0 spiro atoms. The topological polar surface area (TPSA) is 84.9 Å². The molecule has 2 aromatic rings. The van der Waals surface area contributed by atoms with Crippen LogP contribution in [-0.2, 0) is 9.59 Å². The van der Waals surface area contributed by atoms with Crippen molar-refractivity contribution in [1.82, 2.24) is 4.90 Å². The van der Waals surface area contributed by atoms with Gasteiger partial charge in [-0.25, -0.2) is 0 Å². The molecular weight excluding hydrogens is 360 g/mol. The molecule has 0 aliphatic heterocycles. The second-order valence-corrected chi connectivity index (χ2v) is 6.43. The van der Waals surface area contributed by atoms with Crippen molar-refractivity contribution in [3.05, 3.63) is 53.1 Å². The molecule has 28 heavy (non-hydrogen) atoms. The number of carbonyl (C=O) groups is 3. The minimum absolute atomic E-state index is 0.100. The number of benzene rings is 2. The van der Waals surface area contributed by atoms with Gasteiger partial charge in [0.25, 0.3) is 5.91 Å². The fourth-order valence-electron chi connectivity index (χ4n) is 2.49. The first kappa shape index (κ1) is 21.0. The second-order valence-electron chi connectivity index (χ2n) is 6.43. The number of anilines is 1. The van der Waals surface area contributed by atoms with Crippen LogP contribution in [0.25, 0.3) is 0 Å². The van der Waals surface area contributed by atoms with Crippen molar-refractivity contribution in [2.45, 2.75) is 13.8 Å². The summed E-state index contributed by atoms with van der Waals surface area (Å²) >= 11 is 0. The van der Waals surface area contributed by atoms with Crippen LogP contribution in [0.3, 0.4) is 0 Å². The third-order valence-corrected chi connectivity index (χ3v) is 4.15. The predicted octanol–water partition coefficient (Wildman–Crippen LogP) is 2.60. The molecule has 0 aliphatic rings. The van der Waals surface area contributed by atoms with Crippen molar-refractivity contribution >= 4 is 23.8 Å². The SMILES string of the molecule is COc1cc(C=O)ccc1OCC(=O)N(C)CC(=O)Nc1cc(C)ccc1C. The Kier molecular flexibility index (Phi) is 7.14. The van der Waals surface area contributed by atoms with E-state index in [4.69, 9.17) is 9.47 Å². The first-order valence-corrected chi connectivity index (χ1v) is 8.71. The second kappa shape index (κ2) is 9.55. The third kappa shape index (κ3) is 5.57. The van der Waals surface area contributed by atoms with Crippen molar-refractivity contribution in [1.29, 1.82) is 0 Å². The highest BCUT2D eigenvalue weighted by molar-refractivity contribution is 5.95. The van der Waals surface area contributed by atoms with Crippen molar-refractivity contribution in [3.8, 4) is 11.5 Å². The van der Waals surface area contributed by atoms with Gasteiger partial charge in [-0.3, -0.25) is 14.4 Å². The summed E-state index contributed by atoms with van der Waals surface area (Å²) in [6.45, 7) is 3.49. The monoisotopic (exact) mass is 384 g/mol. The molecule has 0 bridgehead atoms. The zero-order valence-electron chi connectivity index (χ0n) is 16.4. The Morgan fingerprint density at radius 2 is 1.86 bits per heavy atom. The lowest BCUT2D eigenvalue weighted by Gasteiger charge is -2.18. The molecule has 7 heteroatoms. The smallest absolute Gasteiger partial charge is 0.260 e. The van der Waals surface area contributed by atoms with E-state index in [1.807, 2.05) is 32.0 Å². The van der Waals surface area contributed by atoms with Crippen LogP contribution in [-0.4, -0.2) is 50.3 Å². The van der Waals surface area contributed by atoms with Crippen LogP contribution in [0.4, 0.5) is 5.69 Å². The van der Waals surface area contributed by atoms with E-state index in [0.29, 0.717) is 23.3 Å². The molecule has 148 valence electrons. The maximum atomic E-state index is 12.3. The van der Waals surface area contributed by atoms with Crippen LogP contribution in [0.5, 0.6) is 11.5 Å². The van der Waals surface area contributed by atoms with E-state index in [9.17, 15) is 14.4 Å². The van der Waals surface area contributed by atoms with Gasteiger partial charge >= 0.3 is 0 Å². The summed E-state index contributed by atoms with van der Waals surface area (Å²) in [7, 11) is 2.98. The molecule has 1 N–H and O–H groups in total. The Hall–Kier alpha value is -3.35. The highest BCUT2D eigenvalue weighted by atomic mass is 16.5. The summed E-state index contributed by atoms with van der Waals surface area (Å²) in [5.41, 5.74) is 3.15. The van der Waals surface area contributed by atoms with Crippen LogP contribution in [0.2, 0.25) is 0 Å². The first-order valence-electron chi connectivity index (χ1n) is 8.71. The van der Waals surface area contributed by atoms with Gasteiger partial charge in [-0.1, -0.05) is 12.1 Å². The standard InChI is InChI=1S/C21H24N2O5/c1-14-5-6-15(2)17(9-14)22-20(25)11-23(3)21(26)13-28-18-8-7-16(12-24)10-19(18)27-4/h5-10,12H,11,13H2,1-4H3,(H,22,25). The maximum absolute atomic E-state index is 12.3. The van der Waals surface area contributed by atoms with Crippen LogP contribution >= 0.6 is 0 Å². The highest BCUT2D eigenvalue weighted by Crippen LogP contribution is 2.27. The number of rotatable bonds is 8. The average Bonchev–Trinajstić information content (AvgIpc) is 2.68. The van der Waals surface area contributed by atoms with Crippen molar-refractivity contribution in [2.75, 3.05) is 32.6 Å². The molecule has 2 aromatic carbocycles. The van der Waals surface area contributed by atoms with Gasteiger partial charge < -0.3 is 19.7 Å². The number of nitrogens with one attached hydrogen (secondary N) is 1. The first-order chi connectivity index (χ1) is 13.3. The minimum atomic E-state index is -0.363. The number of aryl methyl sites for hydroxylation is 2. The van der Waals surface area contributed by atoms with E-state index >= 15 is 0 Å². The summed E-state index contributed by atoms with van der Waals surface area (Å²) < 4.78 is 10.6. The maximum Gasteiger partial charge on any atom is 0.260 e. The fourth-order valence-corrected chi connectivity index (χ4v) is 2.49. The number of likely N-dealkylation sites (N-methyl/N-ethyl adjacent to an activating group) is 1. The number of carbonyl (C=O) groups excluding carboxylic acids is 3. The van der Waals surface area contributed by atoms with Gasteiger partial charge in [-0.2, -0.15) is 0 Å². The van der Waals surface area contributed by atoms with Gasteiger partial charge in [-0.15, -0.1) is 0 Å². The van der Waals surface area contributed by atoms with E-state index in [0.717, 1.165) is 16.8 Å². The lowest BCUT2D eigenvalue weighted by Crippen LogP contribution is -2.37. The molecule has 2 rings (SSSR count). The van der Waals surface area contributed by atoms with Crippen molar-refractivity contribution < 1.29 is 23.9 Å². The highest BCUT2D eigenvalue weighted by Gasteiger charge is 2.15. The number of aldehydes is 1. The minimum Gasteiger partial charge on any atom is -0.493 e. The number of hydrogen-bond acceptors (Lipinski definition) is 5. The predicted molar refractivity (Wildman–Crippen MR) is 106 cm³/mol. The average molecular weight is 384 g/mol. The number of nitrogens with zero attached hydrogens (tertiary/aromatic N) is 1. The van der Waals surface area contributed by atoms with Crippen LogP contribution in [0, 0.1) is 13.8 Å². The molecule has 0 saturated heterocycles. The van der Waals surface area contributed by atoms with Crippen LogP contribution in [0.15, 0.2) is 36.4 Å². The van der Waals surface area contributed by atoms with E-state index in [1.54, 1.807) is 12.1 Å². The molecule has 0 fully saturated rings. The normalized spacial score (nSPS) is 10.1. The van der Waals surface area contributed by atoms with Crippen molar-refractivity contribution in [2.24, 2.45) is 0 Å². The third-order valence-electron chi connectivity index (χ3n) is 4.15. The van der Waals surface area contributed by atoms with Gasteiger partial charge in [0, 0.05) is 18.3 Å². The van der Waals surface area contributed by atoms with Gasteiger partial charge in [-0.05, 0) is 49.2 Å². The quantitative estimate of drug-likeness (QED) is 0.707. The Balaban J connectivity index is 1.91. The zero-order valence-corrected chi connectivity index (χ0v) is 16.4. The summed E-state index contributed by atoms with van der Waals surface area (Å²) in [5, 5.41) is 2.81. The number of hydrogen-bond donors (Lipinski definition) is 1. The molecule has 0 unspecified atom stereocenters. The summed E-state index contributed by atoms with van der Waals surface area (Å²) in [6.07, 6.45) is 0.694. The number of amides is 2. The Labute approximate surface area is 164 Å². The molecule has 0 aliphatic carbocycles. The van der Waals surface area contributed by atoms with Crippen LogP contribution in [0.1, 0.15) is 21.5 Å². The molecule has 7 nitrogen and oxygen atoms in total. The Morgan fingerprint density at radius 1 is 1.11 bits per heavy atom. The van der Waals surface area contributed by atoms with E-state index in [2.05, 4.69) is 5.32 Å². The molecule has 0 atom stereocenters. The summed E-state index contributed by atoms with van der Waals surface area (Å²) in [6, 6.07) is 10.4. The van der Waals surface area contributed by atoms with Crippen LogP contribution < -0.4 is 14.8 Å². The molecule has 2 amide bonds.